The van der Waals surface area contributed by atoms with Crippen LogP contribution in [0.4, 0.5) is 13.2 Å². The van der Waals surface area contributed by atoms with E-state index in [0.29, 0.717) is 0 Å². The normalized spacial score (nSPS) is 17.3. The van der Waals surface area contributed by atoms with E-state index in [9.17, 15) is 22.8 Å². The van der Waals surface area contributed by atoms with Gasteiger partial charge >= 0.3 is 18.1 Å². The van der Waals surface area contributed by atoms with Gasteiger partial charge in [0, 0.05) is 19.4 Å². The van der Waals surface area contributed by atoms with E-state index >= 15 is 0 Å². The van der Waals surface area contributed by atoms with Crippen molar-refractivity contribution in [3.8, 4) is 0 Å². The molecule has 0 saturated heterocycles. The van der Waals surface area contributed by atoms with E-state index in [1.54, 1.807) is 20.9 Å². The number of carbonyl (C=O) groups excluding carboxylic acids is 2. The van der Waals surface area contributed by atoms with Crippen LogP contribution in [-0.2, 0) is 25.2 Å². The van der Waals surface area contributed by atoms with Gasteiger partial charge in [0.1, 0.15) is 0 Å². The second kappa shape index (κ2) is 7.85. The minimum absolute atomic E-state index is 0.0780. The van der Waals surface area contributed by atoms with Gasteiger partial charge in [-0.1, -0.05) is 18.2 Å². The van der Waals surface area contributed by atoms with Crippen molar-refractivity contribution in [2.45, 2.75) is 32.0 Å². The first-order valence-corrected chi connectivity index (χ1v) is 8.17. The van der Waals surface area contributed by atoms with Gasteiger partial charge in [-0.15, -0.1) is 0 Å². The Kier molecular flexibility index (Phi) is 5.98. The van der Waals surface area contributed by atoms with Crippen LogP contribution < -0.4 is 0 Å². The Bertz CT molecular complexity index is 796. The molecule has 0 aliphatic carbocycles. The average molecular weight is 383 g/mol. The molecule has 27 heavy (non-hydrogen) atoms. The van der Waals surface area contributed by atoms with E-state index in [4.69, 9.17) is 9.47 Å². The summed E-state index contributed by atoms with van der Waals surface area (Å²) in [7, 11) is 2.68. The molecule has 8 heteroatoms. The summed E-state index contributed by atoms with van der Waals surface area (Å²) in [6.07, 6.45) is -2.44. The number of methoxy groups -OCH3 is 1. The standard InChI is InChI=1S/C19H20F3NO4/c1-11(2)27-18(25)14-10-23(3)9-13(17(24)26-4)16(14)12-7-5-6-8-15(12)19(20,21)22/h5-11,16H,1-4H3. The van der Waals surface area contributed by atoms with Crippen LogP contribution in [0.1, 0.15) is 30.9 Å². The summed E-state index contributed by atoms with van der Waals surface area (Å²) in [6, 6.07) is 4.82. The van der Waals surface area contributed by atoms with Crippen molar-refractivity contribution in [1.82, 2.24) is 4.90 Å². The molecule has 1 atom stereocenters. The molecule has 1 aromatic rings. The Labute approximate surface area is 155 Å². The zero-order valence-corrected chi connectivity index (χ0v) is 15.3. The molecular weight excluding hydrogens is 363 g/mol. The highest BCUT2D eigenvalue weighted by Crippen LogP contribution is 2.42. The second-order valence-electron chi connectivity index (χ2n) is 6.30. The summed E-state index contributed by atoms with van der Waals surface area (Å²) >= 11 is 0. The highest BCUT2D eigenvalue weighted by molar-refractivity contribution is 5.98. The van der Waals surface area contributed by atoms with Gasteiger partial charge in [-0.05, 0) is 25.5 Å². The van der Waals surface area contributed by atoms with Gasteiger partial charge < -0.3 is 14.4 Å². The van der Waals surface area contributed by atoms with Gasteiger partial charge in [0.2, 0.25) is 0 Å². The van der Waals surface area contributed by atoms with Crippen molar-refractivity contribution in [2.24, 2.45) is 0 Å². The SMILES string of the molecule is COC(=O)C1=CN(C)C=C(C(=O)OC(C)C)C1c1ccccc1C(F)(F)F. The molecule has 1 aliphatic rings. The zero-order valence-electron chi connectivity index (χ0n) is 15.3. The third-order valence-electron chi connectivity index (χ3n) is 3.88. The van der Waals surface area contributed by atoms with E-state index < -0.39 is 35.7 Å². The lowest BCUT2D eigenvalue weighted by atomic mass is 9.81. The van der Waals surface area contributed by atoms with Gasteiger partial charge in [0.15, 0.2) is 0 Å². The molecule has 0 saturated carbocycles. The fourth-order valence-electron chi connectivity index (χ4n) is 2.88. The fraction of sp³-hybridized carbons (Fsp3) is 0.368. The van der Waals surface area contributed by atoms with Crippen molar-refractivity contribution in [3.63, 3.8) is 0 Å². The van der Waals surface area contributed by atoms with Crippen LogP contribution >= 0.6 is 0 Å². The predicted octanol–water partition coefficient (Wildman–Crippen LogP) is 3.63. The summed E-state index contributed by atoms with van der Waals surface area (Å²) < 4.78 is 50.6. The second-order valence-corrected chi connectivity index (χ2v) is 6.30. The monoisotopic (exact) mass is 383 g/mol. The lowest BCUT2D eigenvalue weighted by Crippen LogP contribution is -2.29. The van der Waals surface area contributed by atoms with Gasteiger partial charge in [-0.25, -0.2) is 9.59 Å². The molecule has 1 heterocycles. The number of benzene rings is 1. The maximum absolute atomic E-state index is 13.5. The first kappa shape index (κ1) is 20.5. The van der Waals surface area contributed by atoms with Crippen LogP contribution in [0.2, 0.25) is 0 Å². The fourth-order valence-corrected chi connectivity index (χ4v) is 2.88. The van der Waals surface area contributed by atoms with Crippen molar-refractivity contribution in [2.75, 3.05) is 14.2 Å². The largest absolute Gasteiger partial charge is 0.466 e. The smallest absolute Gasteiger partial charge is 0.416 e. The summed E-state index contributed by atoms with van der Waals surface area (Å²) in [6.45, 7) is 3.25. The third kappa shape index (κ3) is 4.50. The molecule has 0 bridgehead atoms. The van der Waals surface area contributed by atoms with Crippen LogP contribution in [0.5, 0.6) is 0 Å². The highest BCUT2D eigenvalue weighted by Gasteiger charge is 2.41. The Hall–Kier alpha value is -2.77. The molecule has 0 spiro atoms. The molecule has 5 nitrogen and oxygen atoms in total. The topological polar surface area (TPSA) is 55.8 Å². The van der Waals surface area contributed by atoms with Crippen LogP contribution in [0, 0.1) is 0 Å². The highest BCUT2D eigenvalue weighted by atomic mass is 19.4. The molecular formula is C19H20F3NO4. The van der Waals surface area contributed by atoms with E-state index in [1.165, 1.54) is 35.5 Å². The van der Waals surface area contributed by atoms with Gasteiger partial charge in [0.25, 0.3) is 0 Å². The van der Waals surface area contributed by atoms with Crippen molar-refractivity contribution < 1.29 is 32.2 Å². The van der Waals surface area contributed by atoms with Crippen molar-refractivity contribution >= 4 is 11.9 Å². The summed E-state index contributed by atoms with van der Waals surface area (Å²) in [5, 5.41) is 0. The number of hydrogen-bond acceptors (Lipinski definition) is 5. The number of nitrogens with zero attached hydrogens (tertiary/aromatic N) is 1. The lowest BCUT2D eigenvalue weighted by Gasteiger charge is -2.30. The lowest BCUT2D eigenvalue weighted by molar-refractivity contribution is -0.144. The number of carbonyl (C=O) groups is 2. The van der Waals surface area contributed by atoms with E-state index in [-0.39, 0.29) is 16.7 Å². The van der Waals surface area contributed by atoms with Crippen molar-refractivity contribution in [3.05, 3.63) is 58.9 Å². The molecule has 2 rings (SSSR count). The summed E-state index contributed by atoms with van der Waals surface area (Å²) in [5.74, 6) is -2.89. The van der Waals surface area contributed by atoms with Crippen LogP contribution in [-0.4, -0.2) is 37.1 Å². The summed E-state index contributed by atoms with van der Waals surface area (Å²) in [5.41, 5.74) is -1.32. The average Bonchev–Trinajstić information content (AvgIpc) is 2.59. The first-order valence-electron chi connectivity index (χ1n) is 8.17. The molecule has 0 amide bonds. The van der Waals surface area contributed by atoms with Crippen LogP contribution in [0.25, 0.3) is 0 Å². The minimum Gasteiger partial charge on any atom is -0.466 e. The number of esters is 2. The molecule has 146 valence electrons. The molecule has 1 unspecified atom stereocenters. The Morgan fingerprint density at radius 2 is 1.63 bits per heavy atom. The minimum atomic E-state index is -4.66. The summed E-state index contributed by atoms with van der Waals surface area (Å²) in [4.78, 5) is 26.3. The Morgan fingerprint density at radius 3 is 2.15 bits per heavy atom. The van der Waals surface area contributed by atoms with E-state index in [1.807, 2.05) is 0 Å². The number of alkyl halides is 3. The molecule has 0 aromatic heterocycles. The van der Waals surface area contributed by atoms with Gasteiger partial charge in [-0.3, -0.25) is 0 Å². The maximum atomic E-state index is 13.5. The van der Waals surface area contributed by atoms with E-state index in [0.717, 1.165) is 13.2 Å². The van der Waals surface area contributed by atoms with Crippen LogP contribution in [0.3, 0.4) is 0 Å². The number of rotatable bonds is 4. The molecule has 0 N–H and O–H groups in total. The molecule has 1 aliphatic heterocycles. The molecule has 1 aromatic carbocycles. The third-order valence-corrected chi connectivity index (χ3v) is 3.88. The van der Waals surface area contributed by atoms with Gasteiger partial charge in [-0.2, -0.15) is 13.2 Å². The quantitative estimate of drug-likeness (QED) is 0.744. The number of ether oxygens (including phenoxy) is 2. The van der Waals surface area contributed by atoms with Crippen molar-refractivity contribution in [1.29, 1.82) is 0 Å². The first-order chi connectivity index (χ1) is 12.6. The Morgan fingerprint density at radius 1 is 1.07 bits per heavy atom. The van der Waals surface area contributed by atoms with Gasteiger partial charge in [0.05, 0.1) is 35.8 Å². The molecule has 0 radical (unpaired) electrons. The van der Waals surface area contributed by atoms with Crippen LogP contribution in [0.15, 0.2) is 47.8 Å². The predicted molar refractivity (Wildman–Crippen MR) is 91.4 cm³/mol. The zero-order chi connectivity index (χ0) is 20.4. The maximum Gasteiger partial charge on any atom is 0.416 e. The number of hydrogen-bond donors (Lipinski definition) is 0. The van der Waals surface area contributed by atoms with E-state index in [2.05, 4.69) is 0 Å². The Balaban J connectivity index is 2.68. The number of halogens is 3. The molecule has 0 fully saturated rings.